The number of hydrogen-bond donors (Lipinski definition) is 0. The van der Waals surface area contributed by atoms with Crippen molar-refractivity contribution < 1.29 is 4.42 Å². The molecule has 0 aliphatic carbocycles. The summed E-state index contributed by atoms with van der Waals surface area (Å²) < 4.78 is 6.49. The number of hydrogen-bond acceptors (Lipinski definition) is 3. The Morgan fingerprint density at radius 3 is 1.39 bits per heavy atom. The van der Waals surface area contributed by atoms with Gasteiger partial charge in [0.1, 0.15) is 11.2 Å². The van der Waals surface area contributed by atoms with Crippen LogP contribution in [0.15, 0.2) is 271 Å². The van der Waals surface area contributed by atoms with E-state index in [1.165, 1.54) is 38.6 Å². The minimum atomic E-state index is 0.851. The number of rotatable bonds is 10. The zero-order valence-corrected chi connectivity index (χ0v) is 36.7. The van der Waals surface area contributed by atoms with Crippen molar-refractivity contribution in [2.45, 2.75) is 0 Å². The minimum Gasteiger partial charge on any atom is -0.456 e. The third-order valence-electron chi connectivity index (χ3n) is 12.9. The molecule has 316 valence electrons. The number of anilines is 6. The van der Waals surface area contributed by atoms with Crippen molar-refractivity contribution in [1.82, 2.24) is 0 Å². The highest BCUT2D eigenvalue weighted by atomic mass is 16.3. The summed E-state index contributed by atoms with van der Waals surface area (Å²) in [6, 6.07) is 95.6. The molecule has 12 aromatic rings. The largest absolute Gasteiger partial charge is 0.456 e. The first kappa shape index (κ1) is 39.7. The van der Waals surface area contributed by atoms with Gasteiger partial charge in [0.2, 0.25) is 0 Å². The second kappa shape index (κ2) is 17.2. The van der Waals surface area contributed by atoms with Gasteiger partial charge >= 0.3 is 0 Å². The quantitative estimate of drug-likeness (QED) is 0.137. The Morgan fingerprint density at radius 1 is 0.254 bits per heavy atom. The molecule has 0 amide bonds. The van der Waals surface area contributed by atoms with Crippen molar-refractivity contribution in [3.05, 3.63) is 267 Å². The molecule has 0 saturated carbocycles. The van der Waals surface area contributed by atoms with Crippen LogP contribution in [0.5, 0.6) is 0 Å². The lowest BCUT2D eigenvalue weighted by Crippen LogP contribution is -2.12. The Kier molecular flexibility index (Phi) is 10.2. The Hall–Kier alpha value is -8.92. The van der Waals surface area contributed by atoms with E-state index < -0.39 is 0 Å². The molecule has 0 aliphatic heterocycles. The van der Waals surface area contributed by atoms with Crippen LogP contribution in [-0.4, -0.2) is 0 Å². The van der Waals surface area contributed by atoms with Crippen LogP contribution in [0.3, 0.4) is 0 Å². The second-order valence-electron chi connectivity index (χ2n) is 16.9. The highest BCUT2D eigenvalue weighted by Gasteiger charge is 2.23. The zero-order valence-electron chi connectivity index (χ0n) is 36.7. The van der Waals surface area contributed by atoms with Gasteiger partial charge in [-0.2, -0.15) is 0 Å². The lowest BCUT2D eigenvalue weighted by atomic mass is 9.97. The monoisotopic (exact) mass is 856 g/mol. The topological polar surface area (TPSA) is 19.6 Å². The number of benzene rings is 11. The molecule has 3 heteroatoms. The first-order valence-electron chi connectivity index (χ1n) is 22.8. The first-order valence-corrected chi connectivity index (χ1v) is 22.8. The Labute approximate surface area is 390 Å². The van der Waals surface area contributed by atoms with E-state index in [0.29, 0.717) is 0 Å². The van der Waals surface area contributed by atoms with E-state index in [4.69, 9.17) is 4.42 Å². The molecule has 12 rings (SSSR count). The molecule has 67 heavy (non-hydrogen) atoms. The van der Waals surface area contributed by atoms with Crippen molar-refractivity contribution in [1.29, 1.82) is 0 Å². The van der Waals surface area contributed by atoms with Crippen molar-refractivity contribution in [3.63, 3.8) is 0 Å². The zero-order chi connectivity index (χ0) is 44.5. The van der Waals surface area contributed by atoms with Gasteiger partial charge in [-0.1, -0.05) is 194 Å². The van der Waals surface area contributed by atoms with Crippen LogP contribution in [-0.2, 0) is 0 Å². The summed E-state index contributed by atoms with van der Waals surface area (Å²) in [5, 5.41) is 4.62. The molecular formula is C64H44N2O. The van der Waals surface area contributed by atoms with Gasteiger partial charge in [-0.3, -0.25) is 0 Å². The number of para-hydroxylation sites is 2. The summed E-state index contributed by atoms with van der Waals surface area (Å²) in [7, 11) is 0. The Morgan fingerprint density at radius 2 is 0.701 bits per heavy atom. The fraction of sp³-hybridized carbons (Fsp3) is 0. The Bertz CT molecular complexity index is 3680. The predicted molar refractivity (Wildman–Crippen MR) is 282 cm³/mol. The molecule has 0 N–H and O–H groups in total. The van der Waals surface area contributed by atoms with E-state index in [1.54, 1.807) is 0 Å². The van der Waals surface area contributed by atoms with Gasteiger partial charge < -0.3 is 14.2 Å². The van der Waals surface area contributed by atoms with Gasteiger partial charge in [0, 0.05) is 33.7 Å². The molecule has 0 radical (unpaired) electrons. The number of furan rings is 1. The summed E-state index contributed by atoms with van der Waals surface area (Å²) in [6.45, 7) is 0. The van der Waals surface area contributed by atoms with Crippen molar-refractivity contribution in [2.75, 3.05) is 9.80 Å². The Balaban J connectivity index is 1.02. The summed E-state index contributed by atoms with van der Waals surface area (Å²) in [5.74, 6) is 0. The standard InChI is InChI=1S/C64H44N2O/c1-3-17-45(18-4-1)47-35-39-52(40-36-47)65(54-25-13-23-50(43-54)57-30-15-22-49-21-7-8-27-56(49)57)55-26-14-24-51(44-55)58-28-9-11-31-60(58)66(53-41-37-48(38-42-53)46-19-5-2-6-20-46)61-32-16-34-63-64(61)59-29-10-12-33-62(59)67-63/h1-44H. The maximum atomic E-state index is 6.49. The van der Waals surface area contributed by atoms with E-state index in [2.05, 4.69) is 271 Å². The van der Waals surface area contributed by atoms with Gasteiger partial charge in [-0.25, -0.2) is 0 Å². The molecule has 0 aliphatic rings. The molecule has 0 bridgehead atoms. The van der Waals surface area contributed by atoms with Crippen LogP contribution in [0.2, 0.25) is 0 Å². The average Bonchev–Trinajstić information content (AvgIpc) is 3.80. The normalized spacial score (nSPS) is 11.3. The van der Waals surface area contributed by atoms with Crippen LogP contribution < -0.4 is 9.80 Å². The molecule has 1 heterocycles. The van der Waals surface area contributed by atoms with Crippen molar-refractivity contribution >= 4 is 66.8 Å². The molecular weight excluding hydrogens is 813 g/mol. The lowest BCUT2D eigenvalue weighted by Gasteiger charge is -2.29. The van der Waals surface area contributed by atoms with Crippen molar-refractivity contribution in [3.8, 4) is 44.5 Å². The summed E-state index contributed by atoms with van der Waals surface area (Å²) >= 11 is 0. The maximum Gasteiger partial charge on any atom is 0.137 e. The molecule has 0 atom stereocenters. The average molecular weight is 857 g/mol. The molecule has 11 aromatic carbocycles. The summed E-state index contributed by atoms with van der Waals surface area (Å²) in [4.78, 5) is 4.78. The molecule has 0 fully saturated rings. The van der Waals surface area contributed by atoms with Crippen LogP contribution in [0.1, 0.15) is 0 Å². The fourth-order valence-electron chi connectivity index (χ4n) is 9.68. The number of nitrogens with zero attached hydrogens (tertiary/aromatic N) is 2. The molecule has 3 nitrogen and oxygen atoms in total. The molecule has 0 saturated heterocycles. The molecule has 0 unspecified atom stereocenters. The maximum absolute atomic E-state index is 6.49. The smallest absolute Gasteiger partial charge is 0.137 e. The third-order valence-corrected chi connectivity index (χ3v) is 12.9. The van der Waals surface area contributed by atoms with Crippen LogP contribution in [0, 0.1) is 0 Å². The SMILES string of the molecule is c1ccc(-c2ccc(N(c3cccc(-c4ccccc4N(c4ccc(-c5ccccc5)cc4)c4cccc5oc6ccccc6c45)c3)c3cccc(-c4cccc5ccccc45)c3)cc2)cc1. The van der Waals surface area contributed by atoms with E-state index in [9.17, 15) is 0 Å². The molecule has 1 aromatic heterocycles. The second-order valence-corrected chi connectivity index (χ2v) is 16.9. The summed E-state index contributed by atoms with van der Waals surface area (Å²) in [5.41, 5.74) is 17.3. The van der Waals surface area contributed by atoms with Gasteiger partial charge in [0.05, 0.1) is 16.8 Å². The first-order chi connectivity index (χ1) is 33.2. The summed E-state index contributed by atoms with van der Waals surface area (Å²) in [6.07, 6.45) is 0. The third kappa shape index (κ3) is 7.49. The van der Waals surface area contributed by atoms with Crippen LogP contribution in [0.4, 0.5) is 34.1 Å². The van der Waals surface area contributed by atoms with E-state index in [1.807, 2.05) is 6.07 Å². The van der Waals surface area contributed by atoms with E-state index >= 15 is 0 Å². The van der Waals surface area contributed by atoms with E-state index in [-0.39, 0.29) is 0 Å². The molecule has 0 spiro atoms. The van der Waals surface area contributed by atoms with Crippen LogP contribution in [0.25, 0.3) is 77.2 Å². The number of fused-ring (bicyclic) bond motifs is 4. The highest BCUT2D eigenvalue weighted by Crippen LogP contribution is 2.47. The van der Waals surface area contributed by atoms with Gasteiger partial charge in [0.15, 0.2) is 0 Å². The van der Waals surface area contributed by atoms with Crippen molar-refractivity contribution in [2.24, 2.45) is 0 Å². The predicted octanol–water partition coefficient (Wildman–Crippen LogP) is 18.3. The lowest BCUT2D eigenvalue weighted by molar-refractivity contribution is 0.669. The van der Waals surface area contributed by atoms with E-state index in [0.717, 1.165) is 72.8 Å². The minimum absolute atomic E-state index is 0.851. The van der Waals surface area contributed by atoms with Crippen LogP contribution >= 0.6 is 0 Å². The highest BCUT2D eigenvalue weighted by molar-refractivity contribution is 6.14. The fourth-order valence-corrected chi connectivity index (χ4v) is 9.68. The van der Waals surface area contributed by atoms with Gasteiger partial charge in [-0.15, -0.1) is 0 Å². The van der Waals surface area contributed by atoms with Gasteiger partial charge in [-0.05, 0) is 123 Å². The van der Waals surface area contributed by atoms with Gasteiger partial charge in [0.25, 0.3) is 0 Å².